The molecule has 0 amide bonds. The van der Waals surface area contributed by atoms with Crippen LogP contribution in [-0.4, -0.2) is 33.0 Å². The molecule has 0 aromatic heterocycles. The van der Waals surface area contributed by atoms with Crippen molar-refractivity contribution in [2.24, 2.45) is 0 Å². The van der Waals surface area contributed by atoms with E-state index < -0.39 is 10.0 Å². The van der Waals surface area contributed by atoms with Gasteiger partial charge in [0.2, 0.25) is 10.0 Å². The molecule has 1 unspecified atom stereocenters. The Morgan fingerprint density at radius 1 is 1.25 bits per heavy atom. The molecule has 0 aliphatic rings. The fourth-order valence-electron chi connectivity index (χ4n) is 1.69. The van der Waals surface area contributed by atoms with Crippen LogP contribution in [0.15, 0.2) is 29.2 Å². The number of rotatable bonds is 9. The van der Waals surface area contributed by atoms with E-state index in [4.69, 9.17) is 0 Å². The molecule has 0 saturated carbocycles. The Labute approximate surface area is 126 Å². The van der Waals surface area contributed by atoms with Crippen LogP contribution in [0.4, 0.5) is 5.69 Å². The van der Waals surface area contributed by atoms with Crippen molar-refractivity contribution in [3.8, 4) is 0 Å². The molecule has 0 aliphatic heterocycles. The Kier molecular flexibility index (Phi) is 7.40. The molecule has 1 atom stereocenters. The number of hydrogen-bond donors (Lipinski definition) is 2. The van der Waals surface area contributed by atoms with Gasteiger partial charge >= 0.3 is 0 Å². The van der Waals surface area contributed by atoms with Crippen molar-refractivity contribution in [1.29, 1.82) is 0 Å². The first-order valence-electron chi connectivity index (χ1n) is 6.86. The maximum atomic E-state index is 12.2. The average molecular weight is 316 g/mol. The SMILES string of the molecule is CCCNS(=O)(=O)c1ccccc1NCCC(C)SC. The summed E-state index contributed by atoms with van der Waals surface area (Å²) in [6.07, 6.45) is 3.86. The molecule has 0 radical (unpaired) electrons. The Morgan fingerprint density at radius 3 is 2.60 bits per heavy atom. The zero-order valence-electron chi connectivity index (χ0n) is 12.3. The number of anilines is 1. The summed E-state index contributed by atoms with van der Waals surface area (Å²) in [4.78, 5) is 0.324. The van der Waals surface area contributed by atoms with E-state index in [-0.39, 0.29) is 0 Å². The molecule has 1 aromatic carbocycles. The lowest BCUT2D eigenvalue weighted by atomic mass is 10.3. The molecule has 0 bridgehead atoms. The molecule has 4 nitrogen and oxygen atoms in total. The molecule has 0 fully saturated rings. The van der Waals surface area contributed by atoms with Crippen molar-refractivity contribution in [1.82, 2.24) is 4.72 Å². The van der Waals surface area contributed by atoms with Gasteiger partial charge in [-0.1, -0.05) is 26.0 Å². The van der Waals surface area contributed by atoms with Gasteiger partial charge < -0.3 is 5.32 Å². The molecule has 20 heavy (non-hydrogen) atoms. The van der Waals surface area contributed by atoms with Crippen molar-refractivity contribution in [3.05, 3.63) is 24.3 Å². The monoisotopic (exact) mass is 316 g/mol. The lowest BCUT2D eigenvalue weighted by Crippen LogP contribution is -2.25. The molecular formula is C14H24N2O2S2. The standard InChI is InChI=1S/C14H24N2O2S2/c1-4-10-16-20(17,18)14-8-6-5-7-13(14)15-11-9-12(2)19-3/h5-8,12,15-16H,4,9-11H2,1-3H3. The minimum absolute atomic E-state index is 0.324. The summed E-state index contributed by atoms with van der Waals surface area (Å²) in [5, 5.41) is 3.79. The molecule has 6 heteroatoms. The molecule has 1 aromatic rings. The quantitative estimate of drug-likeness (QED) is 0.735. The summed E-state index contributed by atoms with van der Waals surface area (Å²) in [6.45, 7) is 5.33. The van der Waals surface area contributed by atoms with E-state index in [0.717, 1.165) is 19.4 Å². The minimum Gasteiger partial charge on any atom is -0.384 e. The average Bonchev–Trinajstić information content (AvgIpc) is 2.45. The topological polar surface area (TPSA) is 58.2 Å². The van der Waals surface area contributed by atoms with E-state index in [1.54, 1.807) is 12.1 Å². The summed E-state index contributed by atoms with van der Waals surface area (Å²) in [5.74, 6) is 0. The van der Waals surface area contributed by atoms with Crippen LogP contribution in [0.2, 0.25) is 0 Å². The molecular weight excluding hydrogens is 292 g/mol. The molecule has 0 spiro atoms. The van der Waals surface area contributed by atoms with Crippen LogP contribution in [0.1, 0.15) is 26.7 Å². The summed E-state index contributed by atoms with van der Waals surface area (Å²) in [6, 6.07) is 7.04. The van der Waals surface area contributed by atoms with Crippen LogP contribution in [-0.2, 0) is 10.0 Å². The lowest BCUT2D eigenvalue weighted by Gasteiger charge is -2.14. The van der Waals surface area contributed by atoms with E-state index in [9.17, 15) is 8.42 Å². The molecule has 0 saturated heterocycles. The predicted molar refractivity (Wildman–Crippen MR) is 88.0 cm³/mol. The third-order valence-electron chi connectivity index (χ3n) is 2.99. The first kappa shape index (κ1) is 17.3. The second kappa shape index (κ2) is 8.54. The maximum absolute atomic E-state index is 12.2. The van der Waals surface area contributed by atoms with Gasteiger partial charge in [-0.25, -0.2) is 13.1 Å². The van der Waals surface area contributed by atoms with Crippen molar-refractivity contribution < 1.29 is 8.42 Å². The fraction of sp³-hybridized carbons (Fsp3) is 0.571. The van der Waals surface area contributed by atoms with Crippen molar-refractivity contribution in [3.63, 3.8) is 0 Å². The van der Waals surface area contributed by atoms with Crippen LogP contribution in [0.3, 0.4) is 0 Å². The summed E-state index contributed by atoms with van der Waals surface area (Å²) in [5.41, 5.74) is 0.671. The highest BCUT2D eigenvalue weighted by molar-refractivity contribution is 7.99. The van der Waals surface area contributed by atoms with Gasteiger partial charge in [-0.2, -0.15) is 11.8 Å². The van der Waals surface area contributed by atoms with E-state index in [2.05, 4.69) is 23.2 Å². The molecule has 0 heterocycles. The molecule has 1 rings (SSSR count). The predicted octanol–water partition coefficient (Wildman–Crippen LogP) is 2.93. The van der Waals surface area contributed by atoms with Crippen molar-refractivity contribution in [2.45, 2.75) is 36.8 Å². The number of sulfonamides is 1. The van der Waals surface area contributed by atoms with Crippen LogP contribution in [0, 0.1) is 0 Å². The molecule has 2 N–H and O–H groups in total. The van der Waals surface area contributed by atoms with Gasteiger partial charge in [0.05, 0.1) is 5.69 Å². The zero-order chi connectivity index (χ0) is 15.0. The lowest BCUT2D eigenvalue weighted by molar-refractivity contribution is 0.581. The molecule has 0 aliphatic carbocycles. The highest BCUT2D eigenvalue weighted by atomic mass is 32.2. The largest absolute Gasteiger partial charge is 0.384 e. The van der Waals surface area contributed by atoms with Crippen molar-refractivity contribution >= 4 is 27.5 Å². The normalized spacial score (nSPS) is 13.2. The van der Waals surface area contributed by atoms with Gasteiger partial charge in [-0.3, -0.25) is 0 Å². The van der Waals surface area contributed by atoms with E-state index >= 15 is 0 Å². The number of para-hydroxylation sites is 1. The number of thioether (sulfide) groups is 1. The van der Waals surface area contributed by atoms with Crippen LogP contribution >= 0.6 is 11.8 Å². The van der Waals surface area contributed by atoms with Gasteiger partial charge in [-0.05, 0) is 31.2 Å². The number of hydrogen-bond acceptors (Lipinski definition) is 4. The first-order valence-corrected chi connectivity index (χ1v) is 9.63. The zero-order valence-corrected chi connectivity index (χ0v) is 14.0. The van der Waals surface area contributed by atoms with E-state index in [1.165, 1.54) is 0 Å². The summed E-state index contributed by atoms with van der Waals surface area (Å²) < 4.78 is 27.0. The number of benzene rings is 1. The second-order valence-corrected chi connectivity index (χ2v) is 7.67. The van der Waals surface area contributed by atoms with Gasteiger partial charge in [0.25, 0.3) is 0 Å². The minimum atomic E-state index is -3.43. The van der Waals surface area contributed by atoms with Crippen LogP contribution in [0.25, 0.3) is 0 Å². The van der Waals surface area contributed by atoms with Gasteiger partial charge in [-0.15, -0.1) is 0 Å². The van der Waals surface area contributed by atoms with E-state index in [1.807, 2.05) is 30.8 Å². The Balaban J connectivity index is 2.78. The Hall–Kier alpha value is -0.720. The van der Waals surface area contributed by atoms with Crippen LogP contribution in [0.5, 0.6) is 0 Å². The van der Waals surface area contributed by atoms with Crippen molar-refractivity contribution in [2.75, 3.05) is 24.7 Å². The Morgan fingerprint density at radius 2 is 1.95 bits per heavy atom. The second-order valence-electron chi connectivity index (χ2n) is 4.66. The van der Waals surface area contributed by atoms with Crippen LogP contribution < -0.4 is 10.0 Å². The summed E-state index contributed by atoms with van der Waals surface area (Å²) in [7, 11) is -3.43. The Bertz CT molecular complexity index is 504. The molecule has 114 valence electrons. The smallest absolute Gasteiger partial charge is 0.242 e. The van der Waals surface area contributed by atoms with Gasteiger partial charge in [0, 0.05) is 18.3 Å². The first-order chi connectivity index (χ1) is 9.51. The highest BCUT2D eigenvalue weighted by Crippen LogP contribution is 2.21. The number of nitrogens with one attached hydrogen (secondary N) is 2. The fourth-order valence-corrected chi connectivity index (χ4v) is 3.36. The van der Waals surface area contributed by atoms with E-state index in [0.29, 0.717) is 22.4 Å². The third-order valence-corrected chi connectivity index (χ3v) is 5.55. The van der Waals surface area contributed by atoms with Gasteiger partial charge in [0.1, 0.15) is 4.90 Å². The highest BCUT2D eigenvalue weighted by Gasteiger charge is 2.17. The maximum Gasteiger partial charge on any atom is 0.242 e. The third kappa shape index (κ3) is 5.34. The summed E-state index contributed by atoms with van der Waals surface area (Å²) >= 11 is 1.81. The van der Waals surface area contributed by atoms with Gasteiger partial charge in [0.15, 0.2) is 0 Å².